The molecule has 0 spiro atoms. The number of alkyl halides is 6. The number of hydrogen-bond acceptors (Lipinski definition) is 2. The Balaban J connectivity index is 1.36. The van der Waals surface area contributed by atoms with Crippen LogP contribution in [0.5, 0.6) is 0 Å². The third-order valence-corrected chi connectivity index (χ3v) is 7.70. The van der Waals surface area contributed by atoms with Crippen molar-refractivity contribution < 1.29 is 26.3 Å². The van der Waals surface area contributed by atoms with Gasteiger partial charge in [0, 0.05) is 32.2 Å². The van der Waals surface area contributed by atoms with Crippen molar-refractivity contribution in [2.24, 2.45) is 0 Å². The number of piperazine rings is 1. The first-order chi connectivity index (χ1) is 20.1. The van der Waals surface area contributed by atoms with Crippen LogP contribution in [0.25, 0.3) is 0 Å². The van der Waals surface area contributed by atoms with Gasteiger partial charge in [0.2, 0.25) is 0 Å². The van der Waals surface area contributed by atoms with Crippen molar-refractivity contribution in [2.45, 2.75) is 30.9 Å². The summed E-state index contributed by atoms with van der Waals surface area (Å²) in [5.41, 5.74) is 0.709. The van der Waals surface area contributed by atoms with E-state index in [-0.39, 0.29) is 30.1 Å². The summed E-state index contributed by atoms with van der Waals surface area (Å²) >= 11 is 0. The maximum absolute atomic E-state index is 13.4. The highest BCUT2D eigenvalue weighted by Gasteiger charge is 2.37. The molecule has 5 rings (SSSR count). The highest BCUT2D eigenvalue weighted by atomic mass is 19.4. The maximum Gasteiger partial charge on any atom is 0.416 e. The van der Waals surface area contributed by atoms with Crippen LogP contribution in [0.15, 0.2) is 109 Å². The molecule has 0 aromatic heterocycles. The molecule has 42 heavy (non-hydrogen) atoms. The van der Waals surface area contributed by atoms with Crippen molar-refractivity contribution >= 4 is 0 Å². The van der Waals surface area contributed by atoms with Gasteiger partial charge in [-0.3, -0.25) is 9.80 Å². The minimum absolute atomic E-state index is 0.0232. The molecule has 1 atom stereocenters. The van der Waals surface area contributed by atoms with E-state index in [1.54, 1.807) is 0 Å². The lowest BCUT2D eigenvalue weighted by Gasteiger charge is -2.43. The van der Waals surface area contributed by atoms with Gasteiger partial charge in [-0.2, -0.15) is 26.3 Å². The second-order valence-corrected chi connectivity index (χ2v) is 10.5. The summed E-state index contributed by atoms with van der Waals surface area (Å²) in [5.74, 6) is 0. The van der Waals surface area contributed by atoms with Gasteiger partial charge in [-0.15, -0.1) is 0 Å². The molecule has 4 aromatic rings. The number of hydrogen-bond donors (Lipinski definition) is 0. The predicted molar refractivity (Wildman–Crippen MR) is 152 cm³/mol. The predicted octanol–water partition coefficient (Wildman–Crippen LogP) is 8.62. The van der Waals surface area contributed by atoms with E-state index in [2.05, 4.69) is 34.1 Å². The monoisotopic (exact) mass is 581 g/mol. The van der Waals surface area contributed by atoms with Gasteiger partial charge in [0.05, 0.1) is 17.2 Å². The van der Waals surface area contributed by atoms with Crippen molar-refractivity contribution in [1.82, 2.24) is 9.80 Å². The molecule has 1 unspecified atom stereocenters. The third-order valence-electron chi connectivity index (χ3n) is 7.70. The SMILES string of the molecule is FC(F)(F)c1cc(C[CH]C(c2ccccc2)N2CCN(C(c3ccccc3)c3ccccc3)CC2)cc(C(F)(F)F)c1. The van der Waals surface area contributed by atoms with Crippen molar-refractivity contribution in [2.75, 3.05) is 26.2 Å². The van der Waals surface area contributed by atoms with Crippen LogP contribution in [-0.4, -0.2) is 36.0 Å². The van der Waals surface area contributed by atoms with E-state index in [0.29, 0.717) is 13.1 Å². The van der Waals surface area contributed by atoms with Crippen LogP contribution < -0.4 is 0 Å². The number of nitrogens with zero attached hydrogens (tertiary/aromatic N) is 2. The molecule has 219 valence electrons. The molecule has 1 heterocycles. The van der Waals surface area contributed by atoms with Gasteiger partial charge >= 0.3 is 12.4 Å². The minimum Gasteiger partial charge on any atom is -0.293 e. The Kier molecular flexibility index (Phi) is 9.04. The lowest BCUT2D eigenvalue weighted by molar-refractivity contribution is -0.143. The smallest absolute Gasteiger partial charge is 0.293 e. The fraction of sp³-hybridized carbons (Fsp3) is 0.265. The Bertz CT molecular complexity index is 1340. The van der Waals surface area contributed by atoms with Gasteiger partial charge in [-0.1, -0.05) is 91.0 Å². The molecular weight excluding hydrogens is 550 g/mol. The molecule has 4 aromatic carbocycles. The molecule has 8 heteroatoms. The Labute approximate surface area is 242 Å². The molecule has 0 bridgehead atoms. The summed E-state index contributed by atoms with van der Waals surface area (Å²) in [6.45, 7) is 2.85. The zero-order valence-electron chi connectivity index (χ0n) is 22.8. The van der Waals surface area contributed by atoms with Gasteiger partial charge in [0.1, 0.15) is 0 Å². The van der Waals surface area contributed by atoms with Crippen LogP contribution in [-0.2, 0) is 18.8 Å². The number of halogens is 6. The zero-order valence-corrected chi connectivity index (χ0v) is 22.8. The zero-order chi connectivity index (χ0) is 29.7. The minimum atomic E-state index is -4.88. The first-order valence-corrected chi connectivity index (χ1v) is 13.8. The molecule has 1 radical (unpaired) electrons. The fourth-order valence-electron chi connectivity index (χ4n) is 5.69. The first-order valence-electron chi connectivity index (χ1n) is 13.8. The van der Waals surface area contributed by atoms with Crippen molar-refractivity contribution in [3.8, 4) is 0 Å². The van der Waals surface area contributed by atoms with Crippen LogP contribution in [0.4, 0.5) is 26.3 Å². The van der Waals surface area contributed by atoms with Crippen LogP contribution in [0.2, 0.25) is 0 Å². The normalized spacial score (nSPS) is 16.1. The quantitative estimate of drug-likeness (QED) is 0.192. The van der Waals surface area contributed by atoms with E-state index in [4.69, 9.17) is 0 Å². The fourth-order valence-corrected chi connectivity index (χ4v) is 5.69. The third kappa shape index (κ3) is 7.23. The highest BCUT2D eigenvalue weighted by Crippen LogP contribution is 2.38. The Morgan fingerprint density at radius 1 is 0.548 bits per heavy atom. The Morgan fingerprint density at radius 3 is 1.38 bits per heavy atom. The summed E-state index contributed by atoms with van der Waals surface area (Å²) in [5, 5.41) is 0. The summed E-state index contributed by atoms with van der Waals surface area (Å²) in [6, 6.07) is 31.7. The van der Waals surface area contributed by atoms with Crippen molar-refractivity contribution in [1.29, 1.82) is 0 Å². The Hall–Kier alpha value is -3.62. The first kappa shape index (κ1) is 29.9. The molecule has 1 fully saturated rings. The average molecular weight is 582 g/mol. The van der Waals surface area contributed by atoms with Gasteiger partial charge in [0.15, 0.2) is 0 Å². The topological polar surface area (TPSA) is 6.48 Å². The van der Waals surface area contributed by atoms with Crippen LogP contribution in [0.3, 0.4) is 0 Å². The highest BCUT2D eigenvalue weighted by molar-refractivity contribution is 5.36. The molecule has 0 amide bonds. The van der Waals surface area contributed by atoms with Gasteiger partial charge in [0.25, 0.3) is 0 Å². The molecule has 1 aliphatic rings. The van der Waals surface area contributed by atoms with Crippen LogP contribution in [0.1, 0.15) is 45.5 Å². The average Bonchev–Trinajstić information content (AvgIpc) is 2.99. The van der Waals surface area contributed by atoms with E-state index in [1.165, 1.54) is 11.1 Å². The molecule has 1 aliphatic heterocycles. The van der Waals surface area contributed by atoms with Crippen molar-refractivity contribution in [3.05, 3.63) is 149 Å². The lowest BCUT2D eigenvalue weighted by Crippen LogP contribution is -2.49. The number of benzene rings is 4. The summed E-state index contributed by atoms with van der Waals surface area (Å²) < 4.78 is 80.7. The van der Waals surface area contributed by atoms with E-state index in [0.717, 1.165) is 30.8 Å². The molecule has 2 nitrogen and oxygen atoms in total. The van der Waals surface area contributed by atoms with Gasteiger partial charge in [-0.25, -0.2) is 0 Å². The van der Waals surface area contributed by atoms with E-state index in [1.807, 2.05) is 73.2 Å². The van der Waals surface area contributed by atoms with Crippen LogP contribution in [0, 0.1) is 6.42 Å². The lowest BCUT2D eigenvalue weighted by atomic mass is 9.94. The maximum atomic E-state index is 13.4. The van der Waals surface area contributed by atoms with E-state index >= 15 is 0 Å². The standard InChI is InChI=1S/C34H31F6N2/c35-33(36,37)29-22-25(23-30(24-29)34(38,39)40)16-17-31(26-10-4-1-5-11-26)41-18-20-42(21-19-41)32(27-12-6-2-7-13-27)28-14-8-3-9-15-28/h1-15,17,22-24,31-32H,16,18-21H2. The summed E-state index contributed by atoms with van der Waals surface area (Å²) in [6.07, 6.45) is -7.96. The van der Waals surface area contributed by atoms with E-state index in [9.17, 15) is 26.3 Å². The number of rotatable bonds is 8. The van der Waals surface area contributed by atoms with E-state index < -0.39 is 23.5 Å². The van der Waals surface area contributed by atoms with Gasteiger partial charge < -0.3 is 0 Å². The Morgan fingerprint density at radius 2 is 0.952 bits per heavy atom. The molecule has 0 saturated carbocycles. The molecule has 0 aliphatic carbocycles. The van der Waals surface area contributed by atoms with Gasteiger partial charge in [-0.05, 0) is 53.3 Å². The molecule has 1 saturated heterocycles. The second kappa shape index (κ2) is 12.7. The second-order valence-electron chi connectivity index (χ2n) is 10.5. The summed E-state index contributed by atoms with van der Waals surface area (Å²) in [7, 11) is 0. The summed E-state index contributed by atoms with van der Waals surface area (Å²) in [4.78, 5) is 4.67. The molecular formula is C34H31F6N2. The molecule has 0 N–H and O–H groups in total. The van der Waals surface area contributed by atoms with Crippen molar-refractivity contribution in [3.63, 3.8) is 0 Å². The van der Waals surface area contributed by atoms with Crippen LogP contribution >= 0.6 is 0 Å². The largest absolute Gasteiger partial charge is 0.416 e.